The van der Waals surface area contributed by atoms with Gasteiger partial charge in [-0.1, -0.05) is 60.7 Å². The number of benzene rings is 3. The van der Waals surface area contributed by atoms with E-state index in [1.165, 1.54) is 0 Å². The fourth-order valence-corrected chi connectivity index (χ4v) is 3.38. The van der Waals surface area contributed by atoms with Crippen molar-refractivity contribution >= 4 is 33.7 Å². The van der Waals surface area contributed by atoms with E-state index in [2.05, 4.69) is 9.97 Å². The van der Waals surface area contributed by atoms with E-state index >= 15 is 0 Å². The highest BCUT2D eigenvalue weighted by atomic mass is 15.0. The molecule has 0 radical (unpaired) electrons. The highest BCUT2D eigenvalue weighted by Crippen LogP contribution is 2.34. The first-order chi connectivity index (χ1) is 13.7. The number of rotatable bonds is 2. The summed E-state index contributed by atoms with van der Waals surface area (Å²) in [6, 6.07) is 23.7. The number of hydrogen-bond donors (Lipinski definition) is 2. The van der Waals surface area contributed by atoms with Crippen LogP contribution in [0.2, 0.25) is 0 Å². The third-order valence-corrected chi connectivity index (χ3v) is 4.64. The first kappa shape index (κ1) is 16.1. The lowest BCUT2D eigenvalue weighted by molar-refractivity contribution is 1.24. The molecule has 6 heteroatoms. The van der Waals surface area contributed by atoms with Crippen molar-refractivity contribution in [3.8, 4) is 22.5 Å². The minimum atomic E-state index is 0.140. The molecule has 5 aromatic rings. The van der Waals surface area contributed by atoms with Crippen LogP contribution in [0.25, 0.3) is 44.5 Å². The molecule has 0 aliphatic heterocycles. The fraction of sp³-hybridized carbons (Fsp3) is 0. The monoisotopic (exact) mass is 364 g/mol. The predicted octanol–water partition coefficient (Wildman–Crippen LogP) is 4.07. The van der Waals surface area contributed by atoms with Crippen LogP contribution in [0.3, 0.4) is 0 Å². The molecule has 4 N–H and O–H groups in total. The molecule has 0 unspecified atom stereocenters. The van der Waals surface area contributed by atoms with Crippen LogP contribution >= 0.6 is 0 Å². The summed E-state index contributed by atoms with van der Waals surface area (Å²) in [5, 5.41) is 0.663. The molecule has 134 valence electrons. The molecule has 0 spiro atoms. The summed E-state index contributed by atoms with van der Waals surface area (Å²) in [5.74, 6) is 0.440. The average Bonchev–Trinajstić information content (AvgIpc) is 2.73. The summed E-state index contributed by atoms with van der Waals surface area (Å²) in [6.45, 7) is 0. The van der Waals surface area contributed by atoms with Crippen LogP contribution in [0.4, 0.5) is 11.8 Å². The molecule has 0 atom stereocenters. The fourth-order valence-electron chi connectivity index (χ4n) is 3.38. The first-order valence-corrected chi connectivity index (χ1v) is 8.85. The third-order valence-electron chi connectivity index (χ3n) is 4.64. The topological polar surface area (TPSA) is 104 Å². The number of aromatic nitrogens is 4. The zero-order valence-corrected chi connectivity index (χ0v) is 14.9. The van der Waals surface area contributed by atoms with Gasteiger partial charge in [0.15, 0.2) is 0 Å². The first-order valence-electron chi connectivity index (χ1n) is 8.85. The molecule has 0 saturated carbocycles. The minimum Gasteiger partial charge on any atom is -0.383 e. The van der Waals surface area contributed by atoms with Gasteiger partial charge in [0.1, 0.15) is 11.3 Å². The van der Waals surface area contributed by atoms with Gasteiger partial charge in [0.2, 0.25) is 5.95 Å². The summed E-state index contributed by atoms with van der Waals surface area (Å²) < 4.78 is 0. The Morgan fingerprint density at radius 2 is 1.11 bits per heavy atom. The molecule has 2 aromatic heterocycles. The molecule has 2 heterocycles. The van der Waals surface area contributed by atoms with Gasteiger partial charge < -0.3 is 11.5 Å². The SMILES string of the molecule is Nc1nc(N)c2c(ccc3nc(-c4ccccc4)c(-c4ccccc4)nc32)n1. The maximum Gasteiger partial charge on any atom is 0.222 e. The van der Waals surface area contributed by atoms with E-state index in [0.717, 1.165) is 28.0 Å². The van der Waals surface area contributed by atoms with E-state index in [-0.39, 0.29) is 5.95 Å². The number of nitrogens with two attached hydrogens (primary N) is 2. The maximum atomic E-state index is 6.16. The molecule has 0 aliphatic rings. The lowest BCUT2D eigenvalue weighted by Crippen LogP contribution is -2.02. The van der Waals surface area contributed by atoms with E-state index in [4.69, 9.17) is 21.4 Å². The van der Waals surface area contributed by atoms with Gasteiger partial charge in [-0.15, -0.1) is 0 Å². The van der Waals surface area contributed by atoms with Gasteiger partial charge in [-0.2, -0.15) is 4.98 Å². The molecule has 0 saturated heterocycles. The number of fused-ring (bicyclic) bond motifs is 3. The van der Waals surface area contributed by atoms with Crippen molar-refractivity contribution in [2.45, 2.75) is 0 Å². The number of anilines is 2. The number of hydrogen-bond acceptors (Lipinski definition) is 6. The van der Waals surface area contributed by atoms with Crippen molar-refractivity contribution in [3.05, 3.63) is 72.8 Å². The largest absolute Gasteiger partial charge is 0.383 e. The van der Waals surface area contributed by atoms with E-state index in [1.54, 1.807) is 0 Å². The summed E-state index contributed by atoms with van der Waals surface area (Å²) in [7, 11) is 0. The smallest absolute Gasteiger partial charge is 0.222 e. The number of nitrogen functional groups attached to an aromatic ring is 2. The second-order valence-corrected chi connectivity index (χ2v) is 6.45. The molecule has 6 nitrogen and oxygen atoms in total. The molecule has 5 rings (SSSR count). The maximum absolute atomic E-state index is 6.16. The normalized spacial score (nSPS) is 11.1. The van der Waals surface area contributed by atoms with Gasteiger partial charge in [-0.25, -0.2) is 15.0 Å². The Balaban J connectivity index is 1.91. The molecular formula is C22H16N6. The zero-order chi connectivity index (χ0) is 19.1. The third kappa shape index (κ3) is 2.59. The standard InChI is InChI=1S/C22H16N6/c23-21-17-15(26-22(24)28-21)11-12-16-20(17)27-19(14-9-5-2-6-10-14)18(25-16)13-7-3-1-4-8-13/h1-12H,(H4,23,24,26,28). The Bertz CT molecular complexity index is 1320. The molecule has 0 amide bonds. The van der Waals surface area contributed by atoms with Crippen LogP contribution in [-0.4, -0.2) is 19.9 Å². The Labute approximate surface area is 160 Å². The summed E-state index contributed by atoms with van der Waals surface area (Å²) in [6.07, 6.45) is 0. The lowest BCUT2D eigenvalue weighted by Gasteiger charge is -2.12. The molecule has 3 aromatic carbocycles. The van der Waals surface area contributed by atoms with Crippen LogP contribution in [0, 0.1) is 0 Å². The van der Waals surface area contributed by atoms with E-state index < -0.39 is 0 Å². The Kier molecular flexibility index (Phi) is 3.62. The van der Waals surface area contributed by atoms with Crippen LogP contribution < -0.4 is 11.5 Å². The summed E-state index contributed by atoms with van der Waals surface area (Å²) >= 11 is 0. The average molecular weight is 364 g/mol. The second-order valence-electron chi connectivity index (χ2n) is 6.45. The zero-order valence-electron chi connectivity index (χ0n) is 14.9. The highest BCUT2D eigenvalue weighted by molar-refractivity contribution is 6.09. The van der Waals surface area contributed by atoms with E-state index in [9.17, 15) is 0 Å². The van der Waals surface area contributed by atoms with Gasteiger partial charge in [0.05, 0.1) is 27.8 Å². The Morgan fingerprint density at radius 1 is 0.536 bits per heavy atom. The van der Waals surface area contributed by atoms with Gasteiger partial charge in [-0.05, 0) is 12.1 Å². The lowest BCUT2D eigenvalue weighted by atomic mass is 10.0. The van der Waals surface area contributed by atoms with Gasteiger partial charge >= 0.3 is 0 Å². The van der Waals surface area contributed by atoms with Gasteiger partial charge in [0, 0.05) is 11.1 Å². The summed E-state index contributed by atoms with van der Waals surface area (Å²) in [5.41, 5.74) is 17.5. The highest BCUT2D eigenvalue weighted by Gasteiger charge is 2.16. The van der Waals surface area contributed by atoms with Crippen LogP contribution in [0.15, 0.2) is 72.8 Å². The van der Waals surface area contributed by atoms with Crippen molar-refractivity contribution in [1.29, 1.82) is 0 Å². The van der Waals surface area contributed by atoms with E-state index in [0.29, 0.717) is 22.2 Å². The second kappa shape index (κ2) is 6.28. The van der Waals surface area contributed by atoms with E-state index in [1.807, 2.05) is 72.8 Å². The number of nitrogens with zero attached hydrogens (tertiary/aromatic N) is 4. The minimum absolute atomic E-state index is 0.140. The Morgan fingerprint density at radius 3 is 1.75 bits per heavy atom. The van der Waals surface area contributed by atoms with Crippen LogP contribution in [0.1, 0.15) is 0 Å². The van der Waals surface area contributed by atoms with Crippen molar-refractivity contribution in [3.63, 3.8) is 0 Å². The Hall–Kier alpha value is -4.06. The quantitative estimate of drug-likeness (QED) is 0.458. The van der Waals surface area contributed by atoms with Crippen molar-refractivity contribution in [2.24, 2.45) is 0 Å². The molecular weight excluding hydrogens is 348 g/mol. The molecule has 0 bridgehead atoms. The van der Waals surface area contributed by atoms with Gasteiger partial charge in [0.25, 0.3) is 0 Å². The van der Waals surface area contributed by atoms with Gasteiger partial charge in [-0.3, -0.25) is 0 Å². The summed E-state index contributed by atoms with van der Waals surface area (Å²) in [4.78, 5) is 18.3. The molecule has 0 fully saturated rings. The van der Waals surface area contributed by atoms with Crippen LogP contribution in [-0.2, 0) is 0 Å². The molecule has 0 aliphatic carbocycles. The molecule has 28 heavy (non-hydrogen) atoms. The van der Waals surface area contributed by atoms with Crippen molar-refractivity contribution in [1.82, 2.24) is 19.9 Å². The van der Waals surface area contributed by atoms with Crippen molar-refractivity contribution in [2.75, 3.05) is 11.5 Å². The van der Waals surface area contributed by atoms with Crippen molar-refractivity contribution < 1.29 is 0 Å². The van der Waals surface area contributed by atoms with Crippen LogP contribution in [0.5, 0.6) is 0 Å². The predicted molar refractivity (Wildman–Crippen MR) is 112 cm³/mol.